The van der Waals surface area contributed by atoms with Gasteiger partial charge in [0.15, 0.2) is 6.10 Å². The number of hydrogen-bond donors (Lipinski definition) is 0. The first-order valence-corrected chi connectivity index (χ1v) is 30.3. The summed E-state index contributed by atoms with van der Waals surface area (Å²) in [6.45, 7) is 6.30. The quantitative estimate of drug-likeness (QED) is 0.0261. The topological polar surface area (TPSA) is 78.9 Å². The lowest BCUT2D eigenvalue weighted by Crippen LogP contribution is -2.30. The SMILES string of the molecule is CC/C=C\C/C=C\C/C=C\C/C=C\C/C=C\C/C=C\C/C=C\C/C=C\CCCCCCCCC(=O)OCC(COC(=O)CCCCCCC)OC(=O)CCCCCCCCCC/C=C\C/C=C\C/C=C\C/C=C\CC. The Morgan fingerprint density at radius 1 is 0.280 bits per heavy atom. The van der Waals surface area contributed by atoms with Gasteiger partial charge in [0.2, 0.25) is 0 Å². The monoisotopic (exact) mass is 1030 g/mol. The predicted octanol–water partition coefficient (Wildman–Crippen LogP) is 20.8. The molecule has 0 radical (unpaired) electrons. The Morgan fingerprint density at radius 3 is 0.813 bits per heavy atom. The summed E-state index contributed by atoms with van der Waals surface area (Å²) >= 11 is 0. The Morgan fingerprint density at radius 2 is 0.520 bits per heavy atom. The van der Waals surface area contributed by atoms with Crippen LogP contribution >= 0.6 is 0 Å². The number of esters is 3. The van der Waals surface area contributed by atoms with Crippen molar-refractivity contribution in [3.8, 4) is 0 Å². The van der Waals surface area contributed by atoms with E-state index in [9.17, 15) is 14.4 Å². The van der Waals surface area contributed by atoms with Crippen molar-refractivity contribution >= 4 is 17.9 Å². The largest absolute Gasteiger partial charge is 0.462 e. The summed E-state index contributed by atoms with van der Waals surface area (Å²) < 4.78 is 16.7. The van der Waals surface area contributed by atoms with E-state index in [1.54, 1.807) is 0 Å². The Bertz CT molecular complexity index is 1660. The average molecular weight is 1040 g/mol. The molecule has 0 heterocycles. The number of allylic oxidation sites excluding steroid dienone is 24. The zero-order valence-corrected chi connectivity index (χ0v) is 48.3. The molecule has 0 rings (SSSR count). The van der Waals surface area contributed by atoms with Crippen molar-refractivity contribution in [1.29, 1.82) is 0 Å². The molecular formula is C69H110O6. The number of unbranched alkanes of at least 4 members (excludes halogenated alkanes) is 18. The van der Waals surface area contributed by atoms with E-state index in [0.29, 0.717) is 19.3 Å². The maximum absolute atomic E-state index is 12.8. The van der Waals surface area contributed by atoms with Gasteiger partial charge < -0.3 is 14.2 Å². The smallest absolute Gasteiger partial charge is 0.306 e. The van der Waals surface area contributed by atoms with E-state index < -0.39 is 6.10 Å². The van der Waals surface area contributed by atoms with Gasteiger partial charge in [-0.15, -0.1) is 0 Å². The van der Waals surface area contributed by atoms with Gasteiger partial charge in [0.25, 0.3) is 0 Å². The highest BCUT2D eigenvalue weighted by molar-refractivity contribution is 5.71. The van der Waals surface area contributed by atoms with Crippen LogP contribution in [0.5, 0.6) is 0 Å². The fourth-order valence-electron chi connectivity index (χ4n) is 7.86. The Kier molecular flexibility index (Phi) is 58.0. The molecule has 0 aliphatic carbocycles. The van der Waals surface area contributed by atoms with Crippen LogP contribution in [0.4, 0.5) is 0 Å². The molecule has 0 bridgehead atoms. The molecule has 0 spiro atoms. The molecule has 422 valence electrons. The molecule has 6 heteroatoms. The van der Waals surface area contributed by atoms with Crippen molar-refractivity contribution < 1.29 is 28.6 Å². The van der Waals surface area contributed by atoms with E-state index in [4.69, 9.17) is 14.2 Å². The third kappa shape index (κ3) is 60.0. The minimum atomic E-state index is -0.791. The van der Waals surface area contributed by atoms with Gasteiger partial charge in [-0.2, -0.15) is 0 Å². The van der Waals surface area contributed by atoms with Crippen LogP contribution < -0.4 is 0 Å². The van der Waals surface area contributed by atoms with Crippen LogP contribution in [0.1, 0.15) is 252 Å². The number of hydrogen-bond acceptors (Lipinski definition) is 6. The molecule has 0 fully saturated rings. The van der Waals surface area contributed by atoms with Crippen molar-refractivity contribution in [3.63, 3.8) is 0 Å². The van der Waals surface area contributed by atoms with E-state index in [0.717, 1.165) is 167 Å². The lowest BCUT2D eigenvalue weighted by Gasteiger charge is -2.18. The van der Waals surface area contributed by atoms with E-state index in [2.05, 4.69) is 167 Å². The van der Waals surface area contributed by atoms with Crippen LogP contribution in [-0.4, -0.2) is 37.2 Å². The summed E-state index contributed by atoms with van der Waals surface area (Å²) in [5.41, 5.74) is 0. The summed E-state index contributed by atoms with van der Waals surface area (Å²) in [5, 5.41) is 0. The average Bonchev–Trinajstić information content (AvgIpc) is 3.41. The molecular weight excluding hydrogens is 925 g/mol. The van der Waals surface area contributed by atoms with E-state index >= 15 is 0 Å². The fourth-order valence-corrected chi connectivity index (χ4v) is 7.86. The maximum atomic E-state index is 12.8. The summed E-state index contributed by atoms with van der Waals surface area (Å²) in [5.74, 6) is -0.933. The molecule has 0 N–H and O–H groups in total. The fraction of sp³-hybridized carbons (Fsp3) is 0.609. The van der Waals surface area contributed by atoms with Gasteiger partial charge in [0, 0.05) is 19.3 Å². The predicted molar refractivity (Wildman–Crippen MR) is 325 cm³/mol. The van der Waals surface area contributed by atoms with Crippen LogP contribution in [-0.2, 0) is 28.6 Å². The number of ether oxygens (including phenoxy) is 3. The lowest BCUT2D eigenvalue weighted by atomic mass is 10.1. The van der Waals surface area contributed by atoms with Crippen molar-refractivity contribution in [2.24, 2.45) is 0 Å². The molecule has 0 aromatic rings. The maximum Gasteiger partial charge on any atom is 0.306 e. The van der Waals surface area contributed by atoms with Crippen LogP contribution in [0.25, 0.3) is 0 Å². The van der Waals surface area contributed by atoms with Crippen LogP contribution in [0.15, 0.2) is 146 Å². The normalized spacial score (nSPS) is 13.2. The molecule has 0 aromatic carbocycles. The molecule has 0 aliphatic heterocycles. The third-order valence-electron chi connectivity index (χ3n) is 12.3. The van der Waals surface area contributed by atoms with Crippen molar-refractivity contribution in [1.82, 2.24) is 0 Å². The minimum absolute atomic E-state index is 0.0912. The van der Waals surface area contributed by atoms with Gasteiger partial charge in [-0.1, -0.05) is 256 Å². The molecule has 1 atom stereocenters. The van der Waals surface area contributed by atoms with Crippen LogP contribution in [0.3, 0.4) is 0 Å². The molecule has 75 heavy (non-hydrogen) atoms. The summed E-state index contributed by atoms with van der Waals surface area (Å²) in [6, 6.07) is 0. The summed E-state index contributed by atoms with van der Waals surface area (Å²) in [7, 11) is 0. The standard InChI is InChI=1S/C69H110O6/c1-4-7-10-13-15-17-19-21-23-25-27-29-30-31-32-33-34-35-36-37-38-40-41-43-45-47-49-51-53-56-59-62-68(71)74-65-66(64-73-67(70)61-58-55-12-9-6-3)75-69(72)63-60-57-54-52-50-48-46-44-42-39-28-26-24-22-20-18-16-14-11-8-5-2/h7-8,10-11,15-18,21-24,27-29,31-32,34-35,37-39,41,43,66H,4-6,9,12-14,19-20,25-26,30,33,36,40,42,44-65H2,1-3H3/b10-7-,11-8-,17-15-,18-16-,23-21-,24-22-,29-27-,32-31-,35-34-,38-37-,39-28-,43-41-. The number of carbonyl (C=O) groups is 3. The molecule has 0 aromatic heterocycles. The Hall–Kier alpha value is -4.71. The van der Waals surface area contributed by atoms with Gasteiger partial charge in [0.05, 0.1) is 0 Å². The molecule has 0 saturated heterocycles. The zero-order chi connectivity index (χ0) is 54.3. The third-order valence-corrected chi connectivity index (χ3v) is 12.3. The van der Waals surface area contributed by atoms with Gasteiger partial charge >= 0.3 is 17.9 Å². The highest BCUT2D eigenvalue weighted by Gasteiger charge is 2.19. The first kappa shape index (κ1) is 70.3. The van der Waals surface area contributed by atoms with Crippen molar-refractivity contribution in [2.75, 3.05) is 13.2 Å². The van der Waals surface area contributed by atoms with E-state index in [1.807, 2.05) is 0 Å². The highest BCUT2D eigenvalue weighted by Crippen LogP contribution is 2.14. The molecule has 0 aliphatic rings. The van der Waals surface area contributed by atoms with Gasteiger partial charge in [0.1, 0.15) is 13.2 Å². The van der Waals surface area contributed by atoms with Crippen molar-refractivity contribution in [2.45, 2.75) is 258 Å². The van der Waals surface area contributed by atoms with E-state index in [1.165, 1.54) is 44.9 Å². The number of rotatable bonds is 53. The zero-order valence-electron chi connectivity index (χ0n) is 48.3. The van der Waals surface area contributed by atoms with Gasteiger partial charge in [-0.3, -0.25) is 14.4 Å². The van der Waals surface area contributed by atoms with Crippen molar-refractivity contribution in [3.05, 3.63) is 146 Å². The second-order valence-electron chi connectivity index (χ2n) is 19.5. The van der Waals surface area contributed by atoms with Gasteiger partial charge in [-0.05, 0) is 122 Å². The summed E-state index contributed by atoms with van der Waals surface area (Å²) in [6.07, 6.45) is 88.9. The number of carbonyl (C=O) groups excluding carboxylic acids is 3. The van der Waals surface area contributed by atoms with Crippen LogP contribution in [0.2, 0.25) is 0 Å². The first-order valence-electron chi connectivity index (χ1n) is 30.3. The molecule has 0 saturated carbocycles. The Labute approximate surface area is 461 Å². The molecule has 1 unspecified atom stereocenters. The molecule has 0 amide bonds. The van der Waals surface area contributed by atoms with Crippen LogP contribution in [0, 0.1) is 0 Å². The van der Waals surface area contributed by atoms with E-state index in [-0.39, 0.29) is 31.1 Å². The second kappa shape index (κ2) is 61.8. The molecule has 6 nitrogen and oxygen atoms in total. The second-order valence-corrected chi connectivity index (χ2v) is 19.5. The summed E-state index contributed by atoms with van der Waals surface area (Å²) in [4.78, 5) is 37.9. The first-order chi connectivity index (χ1) is 37.0. The Balaban J connectivity index is 4.15. The minimum Gasteiger partial charge on any atom is -0.462 e. The van der Waals surface area contributed by atoms with Gasteiger partial charge in [-0.25, -0.2) is 0 Å². The lowest BCUT2D eigenvalue weighted by molar-refractivity contribution is -0.167. The highest BCUT2D eigenvalue weighted by atomic mass is 16.6.